The SMILES string of the molecule is CC1CN(CCC2(CN)CCCCC2)CC1C. The molecular weight excluding hydrogens is 208 g/mol. The van der Waals surface area contributed by atoms with Crippen LogP contribution in [0.1, 0.15) is 52.4 Å². The second kappa shape index (κ2) is 5.71. The molecule has 1 aliphatic carbocycles. The lowest BCUT2D eigenvalue weighted by Gasteiger charge is -2.37. The summed E-state index contributed by atoms with van der Waals surface area (Å²) in [5, 5.41) is 0. The van der Waals surface area contributed by atoms with Gasteiger partial charge in [0.25, 0.3) is 0 Å². The molecule has 2 heteroatoms. The molecule has 2 atom stereocenters. The Morgan fingerprint density at radius 1 is 1.06 bits per heavy atom. The average molecular weight is 238 g/mol. The van der Waals surface area contributed by atoms with Gasteiger partial charge in [-0.25, -0.2) is 0 Å². The summed E-state index contributed by atoms with van der Waals surface area (Å²) in [4.78, 5) is 2.67. The van der Waals surface area contributed by atoms with Gasteiger partial charge in [-0.2, -0.15) is 0 Å². The van der Waals surface area contributed by atoms with Gasteiger partial charge < -0.3 is 10.6 Å². The van der Waals surface area contributed by atoms with Crippen molar-refractivity contribution in [2.75, 3.05) is 26.2 Å². The molecule has 1 saturated carbocycles. The summed E-state index contributed by atoms with van der Waals surface area (Å²) in [5.74, 6) is 1.77. The molecule has 1 aliphatic heterocycles. The van der Waals surface area contributed by atoms with E-state index in [0.717, 1.165) is 18.4 Å². The zero-order chi connectivity index (χ0) is 12.3. The number of hydrogen-bond acceptors (Lipinski definition) is 2. The first-order valence-corrected chi connectivity index (χ1v) is 7.58. The minimum absolute atomic E-state index is 0.493. The van der Waals surface area contributed by atoms with Gasteiger partial charge in [0.1, 0.15) is 0 Å². The van der Waals surface area contributed by atoms with Crippen LogP contribution in [0, 0.1) is 17.3 Å². The highest BCUT2D eigenvalue weighted by Gasteiger charge is 2.32. The monoisotopic (exact) mass is 238 g/mol. The van der Waals surface area contributed by atoms with E-state index in [0.29, 0.717) is 5.41 Å². The minimum Gasteiger partial charge on any atom is -0.330 e. The Morgan fingerprint density at radius 3 is 2.18 bits per heavy atom. The van der Waals surface area contributed by atoms with Crippen LogP contribution in [0.25, 0.3) is 0 Å². The molecule has 2 rings (SSSR count). The third-order valence-corrected chi connectivity index (χ3v) is 5.37. The number of nitrogens with two attached hydrogens (primary N) is 1. The van der Waals surface area contributed by atoms with Crippen molar-refractivity contribution in [2.24, 2.45) is 23.0 Å². The lowest BCUT2D eigenvalue weighted by Crippen LogP contribution is -2.36. The van der Waals surface area contributed by atoms with Crippen LogP contribution in [0.3, 0.4) is 0 Å². The molecule has 17 heavy (non-hydrogen) atoms. The molecule has 2 unspecified atom stereocenters. The molecule has 0 bridgehead atoms. The molecule has 2 fully saturated rings. The maximum Gasteiger partial charge on any atom is 0.00102 e. The first-order valence-electron chi connectivity index (χ1n) is 7.58. The van der Waals surface area contributed by atoms with Crippen molar-refractivity contribution in [2.45, 2.75) is 52.4 Å². The van der Waals surface area contributed by atoms with Crippen molar-refractivity contribution in [1.29, 1.82) is 0 Å². The Kier molecular flexibility index (Phi) is 4.48. The average Bonchev–Trinajstić information content (AvgIpc) is 2.68. The summed E-state index contributed by atoms with van der Waals surface area (Å²) in [5.41, 5.74) is 6.55. The molecule has 2 nitrogen and oxygen atoms in total. The van der Waals surface area contributed by atoms with Gasteiger partial charge in [0.15, 0.2) is 0 Å². The third kappa shape index (κ3) is 3.23. The predicted molar refractivity (Wildman–Crippen MR) is 74.0 cm³/mol. The van der Waals surface area contributed by atoms with Crippen LogP contribution in [0.5, 0.6) is 0 Å². The first-order chi connectivity index (χ1) is 8.15. The van der Waals surface area contributed by atoms with Crippen LogP contribution >= 0.6 is 0 Å². The summed E-state index contributed by atoms with van der Waals surface area (Å²) in [6, 6.07) is 0. The van der Waals surface area contributed by atoms with E-state index in [4.69, 9.17) is 5.73 Å². The summed E-state index contributed by atoms with van der Waals surface area (Å²) < 4.78 is 0. The Morgan fingerprint density at radius 2 is 1.65 bits per heavy atom. The van der Waals surface area contributed by atoms with Crippen molar-refractivity contribution in [1.82, 2.24) is 4.90 Å². The molecule has 0 aromatic carbocycles. The van der Waals surface area contributed by atoms with Gasteiger partial charge in [-0.1, -0.05) is 33.1 Å². The van der Waals surface area contributed by atoms with Crippen LogP contribution in [0.4, 0.5) is 0 Å². The third-order valence-electron chi connectivity index (χ3n) is 5.37. The highest BCUT2D eigenvalue weighted by molar-refractivity contribution is 4.86. The second-order valence-corrected chi connectivity index (χ2v) is 6.73. The maximum atomic E-state index is 6.06. The molecule has 0 radical (unpaired) electrons. The van der Waals surface area contributed by atoms with Crippen LogP contribution in [0.2, 0.25) is 0 Å². The van der Waals surface area contributed by atoms with E-state index in [2.05, 4.69) is 18.7 Å². The standard InChI is InChI=1S/C15H30N2/c1-13-10-17(11-14(13)2)9-8-15(12-16)6-4-3-5-7-15/h13-14H,3-12,16H2,1-2H3. The van der Waals surface area contributed by atoms with Crippen molar-refractivity contribution in [3.8, 4) is 0 Å². The normalized spacial score (nSPS) is 34.1. The van der Waals surface area contributed by atoms with Crippen LogP contribution < -0.4 is 5.73 Å². The second-order valence-electron chi connectivity index (χ2n) is 6.73. The lowest BCUT2D eigenvalue weighted by atomic mass is 9.72. The molecule has 2 N–H and O–H groups in total. The van der Waals surface area contributed by atoms with Gasteiger partial charge in [-0.3, -0.25) is 0 Å². The van der Waals surface area contributed by atoms with Crippen LogP contribution in [0.15, 0.2) is 0 Å². The van der Waals surface area contributed by atoms with Gasteiger partial charge in [0, 0.05) is 13.1 Å². The van der Waals surface area contributed by atoms with E-state index < -0.39 is 0 Å². The van der Waals surface area contributed by atoms with Crippen molar-refractivity contribution >= 4 is 0 Å². The lowest BCUT2D eigenvalue weighted by molar-refractivity contribution is 0.154. The fraction of sp³-hybridized carbons (Fsp3) is 1.00. The topological polar surface area (TPSA) is 29.3 Å². The Labute approximate surface area is 107 Å². The summed E-state index contributed by atoms with van der Waals surface area (Å²) >= 11 is 0. The Bertz CT molecular complexity index is 223. The Balaban J connectivity index is 1.80. The van der Waals surface area contributed by atoms with Crippen molar-refractivity contribution < 1.29 is 0 Å². The van der Waals surface area contributed by atoms with Crippen LogP contribution in [-0.4, -0.2) is 31.1 Å². The van der Waals surface area contributed by atoms with E-state index in [1.165, 1.54) is 58.2 Å². The fourth-order valence-electron chi connectivity index (χ4n) is 3.68. The molecule has 0 spiro atoms. The highest BCUT2D eigenvalue weighted by atomic mass is 15.1. The quantitative estimate of drug-likeness (QED) is 0.816. The molecule has 0 aromatic rings. The first kappa shape index (κ1) is 13.4. The molecule has 1 saturated heterocycles. The molecule has 0 aromatic heterocycles. The van der Waals surface area contributed by atoms with Gasteiger partial charge >= 0.3 is 0 Å². The fourth-order valence-corrected chi connectivity index (χ4v) is 3.68. The number of nitrogens with zero attached hydrogens (tertiary/aromatic N) is 1. The Hall–Kier alpha value is -0.0800. The highest BCUT2D eigenvalue weighted by Crippen LogP contribution is 2.38. The van der Waals surface area contributed by atoms with Crippen LogP contribution in [-0.2, 0) is 0 Å². The van der Waals surface area contributed by atoms with Gasteiger partial charge in [0.2, 0.25) is 0 Å². The molecular formula is C15H30N2. The van der Waals surface area contributed by atoms with E-state index in [1.807, 2.05) is 0 Å². The predicted octanol–water partition coefficient (Wildman–Crippen LogP) is 2.87. The number of rotatable bonds is 4. The van der Waals surface area contributed by atoms with E-state index in [1.54, 1.807) is 0 Å². The zero-order valence-corrected chi connectivity index (χ0v) is 11.8. The molecule has 2 aliphatic rings. The van der Waals surface area contributed by atoms with E-state index in [9.17, 15) is 0 Å². The van der Waals surface area contributed by atoms with E-state index in [-0.39, 0.29) is 0 Å². The summed E-state index contributed by atoms with van der Waals surface area (Å²) in [6.45, 7) is 9.59. The molecule has 1 heterocycles. The van der Waals surface area contributed by atoms with Crippen molar-refractivity contribution in [3.05, 3.63) is 0 Å². The minimum atomic E-state index is 0.493. The smallest absolute Gasteiger partial charge is 0.00102 e. The number of likely N-dealkylation sites (tertiary alicyclic amines) is 1. The summed E-state index contributed by atoms with van der Waals surface area (Å²) in [7, 11) is 0. The van der Waals surface area contributed by atoms with Crippen molar-refractivity contribution in [3.63, 3.8) is 0 Å². The molecule has 0 amide bonds. The van der Waals surface area contributed by atoms with Gasteiger partial charge in [-0.05, 0) is 49.6 Å². The zero-order valence-electron chi connectivity index (χ0n) is 11.8. The van der Waals surface area contributed by atoms with Gasteiger partial charge in [0.05, 0.1) is 0 Å². The summed E-state index contributed by atoms with van der Waals surface area (Å²) in [6.07, 6.45) is 8.33. The van der Waals surface area contributed by atoms with E-state index >= 15 is 0 Å². The largest absolute Gasteiger partial charge is 0.330 e. The molecule has 100 valence electrons. The van der Waals surface area contributed by atoms with Gasteiger partial charge in [-0.15, -0.1) is 0 Å². The maximum absolute atomic E-state index is 6.06. The number of hydrogen-bond donors (Lipinski definition) is 1.